The Bertz CT molecular complexity index is 967. The fraction of sp³-hybridized carbons (Fsp3) is 0.188. The first-order valence-electron chi connectivity index (χ1n) is 7.74. The number of halogens is 2. The molecular formula is C16H15FIN5O4. The first-order chi connectivity index (χ1) is 13.0. The van der Waals surface area contributed by atoms with E-state index in [1.165, 1.54) is 24.7 Å². The van der Waals surface area contributed by atoms with Crippen LogP contribution < -0.4 is 10.8 Å². The van der Waals surface area contributed by atoms with E-state index in [4.69, 9.17) is 9.94 Å². The van der Waals surface area contributed by atoms with Crippen LogP contribution >= 0.6 is 22.6 Å². The van der Waals surface area contributed by atoms with Gasteiger partial charge in [0.05, 0.1) is 30.2 Å². The molecule has 0 aliphatic carbocycles. The molecule has 0 bridgehead atoms. The molecule has 2 aromatic heterocycles. The Labute approximate surface area is 166 Å². The van der Waals surface area contributed by atoms with Gasteiger partial charge in [0.2, 0.25) is 5.95 Å². The second-order valence-corrected chi connectivity index (χ2v) is 6.72. The first-order valence-corrected chi connectivity index (χ1v) is 8.82. The molecule has 0 saturated heterocycles. The topological polar surface area (TPSA) is 121 Å². The van der Waals surface area contributed by atoms with E-state index < -0.39 is 24.4 Å². The van der Waals surface area contributed by atoms with Crippen molar-refractivity contribution < 1.29 is 24.2 Å². The SMILES string of the molecule is O=C(NOC[C@H](O)CO)c1cn2c(Nc3ccc(I)cc3F)ncc2cn1. The van der Waals surface area contributed by atoms with Gasteiger partial charge in [0, 0.05) is 9.77 Å². The number of aromatic nitrogens is 3. The van der Waals surface area contributed by atoms with E-state index in [1.54, 1.807) is 16.5 Å². The molecule has 142 valence electrons. The minimum atomic E-state index is -1.10. The molecule has 1 atom stereocenters. The molecule has 27 heavy (non-hydrogen) atoms. The van der Waals surface area contributed by atoms with Crippen LogP contribution in [0.5, 0.6) is 0 Å². The first kappa shape index (κ1) is 19.4. The predicted molar refractivity (Wildman–Crippen MR) is 102 cm³/mol. The maximum atomic E-state index is 14.0. The van der Waals surface area contributed by atoms with Crippen LogP contribution in [0.4, 0.5) is 16.0 Å². The molecule has 9 nitrogen and oxygen atoms in total. The highest BCUT2D eigenvalue weighted by Gasteiger charge is 2.13. The van der Waals surface area contributed by atoms with E-state index in [0.717, 1.165) is 3.57 Å². The van der Waals surface area contributed by atoms with E-state index in [-0.39, 0.29) is 18.0 Å². The number of anilines is 2. The third kappa shape index (κ3) is 4.68. The van der Waals surface area contributed by atoms with Gasteiger partial charge < -0.3 is 15.5 Å². The fourth-order valence-electron chi connectivity index (χ4n) is 2.13. The van der Waals surface area contributed by atoms with Gasteiger partial charge in [-0.2, -0.15) is 0 Å². The Hall–Kier alpha value is -2.35. The second-order valence-electron chi connectivity index (χ2n) is 5.48. The third-order valence-electron chi connectivity index (χ3n) is 3.47. The summed E-state index contributed by atoms with van der Waals surface area (Å²) >= 11 is 2.01. The molecule has 1 amide bonds. The molecule has 0 aliphatic rings. The van der Waals surface area contributed by atoms with Crippen LogP contribution in [0, 0.1) is 9.39 Å². The van der Waals surface area contributed by atoms with Gasteiger partial charge in [0.1, 0.15) is 24.2 Å². The molecule has 0 aliphatic heterocycles. The smallest absolute Gasteiger partial charge is 0.294 e. The predicted octanol–water partition coefficient (Wildman–Crippen LogP) is 1.23. The highest BCUT2D eigenvalue weighted by molar-refractivity contribution is 14.1. The second kappa shape index (κ2) is 8.56. The number of rotatable bonds is 7. The van der Waals surface area contributed by atoms with E-state index in [9.17, 15) is 14.3 Å². The van der Waals surface area contributed by atoms with Crippen molar-refractivity contribution in [1.29, 1.82) is 0 Å². The van der Waals surface area contributed by atoms with Crippen LogP contribution in [0.1, 0.15) is 10.5 Å². The van der Waals surface area contributed by atoms with Crippen molar-refractivity contribution >= 4 is 45.7 Å². The Morgan fingerprint density at radius 1 is 1.37 bits per heavy atom. The van der Waals surface area contributed by atoms with Gasteiger partial charge in [0.25, 0.3) is 5.91 Å². The molecule has 1 aromatic carbocycles. The van der Waals surface area contributed by atoms with Crippen LogP contribution in [-0.2, 0) is 4.84 Å². The summed E-state index contributed by atoms with van der Waals surface area (Å²) in [5.41, 5.74) is 2.97. The van der Waals surface area contributed by atoms with Crippen LogP contribution in [0.15, 0.2) is 36.8 Å². The van der Waals surface area contributed by atoms with Gasteiger partial charge in [-0.25, -0.2) is 19.8 Å². The Morgan fingerprint density at radius 2 is 2.15 bits per heavy atom. The highest BCUT2D eigenvalue weighted by atomic mass is 127. The fourth-order valence-corrected chi connectivity index (χ4v) is 2.58. The van der Waals surface area contributed by atoms with Crippen molar-refractivity contribution in [1.82, 2.24) is 19.8 Å². The lowest BCUT2D eigenvalue weighted by Gasteiger charge is -2.10. The molecule has 0 radical (unpaired) electrons. The van der Waals surface area contributed by atoms with Crippen LogP contribution in [0.2, 0.25) is 0 Å². The Kier molecular flexibility index (Phi) is 6.15. The van der Waals surface area contributed by atoms with E-state index in [1.807, 2.05) is 22.6 Å². The summed E-state index contributed by atoms with van der Waals surface area (Å²) in [6, 6.07) is 4.73. The third-order valence-corrected chi connectivity index (χ3v) is 4.15. The number of nitrogens with zero attached hydrogens (tertiary/aromatic N) is 3. The van der Waals surface area contributed by atoms with Gasteiger partial charge in [-0.05, 0) is 40.8 Å². The maximum Gasteiger partial charge on any atom is 0.294 e. The number of hydroxylamine groups is 1. The lowest BCUT2D eigenvalue weighted by Crippen LogP contribution is -2.30. The summed E-state index contributed by atoms with van der Waals surface area (Å²) < 4.78 is 16.4. The van der Waals surface area contributed by atoms with Crippen LogP contribution in [-0.4, -0.2) is 49.8 Å². The number of aliphatic hydroxyl groups excluding tert-OH is 2. The molecule has 3 aromatic rings. The molecule has 0 fully saturated rings. The summed E-state index contributed by atoms with van der Waals surface area (Å²) in [7, 11) is 0. The number of carbonyl (C=O) groups is 1. The minimum Gasteiger partial charge on any atom is -0.394 e. The standard InChI is InChI=1S/C16H15FIN5O4/c17-12-3-9(18)1-2-13(12)21-16-20-5-10-4-19-14(6-23(10)16)15(26)22-27-8-11(25)7-24/h1-6,11,24-25H,7-8H2,(H,20,21)(H,22,26)/t11-/m1/s1. The summed E-state index contributed by atoms with van der Waals surface area (Å²) in [6.45, 7) is -0.756. The Balaban J connectivity index is 1.78. The summed E-state index contributed by atoms with van der Waals surface area (Å²) in [5, 5.41) is 20.8. The minimum absolute atomic E-state index is 0.0186. The lowest BCUT2D eigenvalue weighted by molar-refractivity contribution is -0.0297. The van der Waals surface area contributed by atoms with Gasteiger partial charge >= 0.3 is 0 Å². The van der Waals surface area contributed by atoms with Crippen molar-refractivity contribution in [3.63, 3.8) is 0 Å². The zero-order chi connectivity index (χ0) is 19.4. The molecule has 3 rings (SSSR count). The molecule has 11 heteroatoms. The Morgan fingerprint density at radius 3 is 2.89 bits per heavy atom. The largest absolute Gasteiger partial charge is 0.394 e. The van der Waals surface area contributed by atoms with Gasteiger partial charge in [-0.15, -0.1) is 0 Å². The van der Waals surface area contributed by atoms with Gasteiger partial charge in [-0.3, -0.25) is 14.0 Å². The van der Waals surface area contributed by atoms with Crippen LogP contribution in [0.3, 0.4) is 0 Å². The average molecular weight is 487 g/mol. The molecule has 4 N–H and O–H groups in total. The number of aliphatic hydroxyl groups is 2. The summed E-state index contributed by atoms with van der Waals surface area (Å²) in [4.78, 5) is 25.1. The number of imidazole rings is 1. The van der Waals surface area contributed by atoms with E-state index in [2.05, 4.69) is 20.8 Å². The highest BCUT2D eigenvalue weighted by Crippen LogP contribution is 2.22. The van der Waals surface area contributed by atoms with E-state index >= 15 is 0 Å². The van der Waals surface area contributed by atoms with Crippen molar-refractivity contribution in [3.05, 3.63) is 51.9 Å². The van der Waals surface area contributed by atoms with Crippen LogP contribution in [0.25, 0.3) is 5.52 Å². The number of carbonyl (C=O) groups excluding carboxylic acids is 1. The maximum absolute atomic E-state index is 14.0. The molecular weight excluding hydrogens is 472 g/mol. The van der Waals surface area contributed by atoms with Gasteiger partial charge in [-0.1, -0.05) is 0 Å². The number of amides is 1. The summed E-state index contributed by atoms with van der Waals surface area (Å²) in [5.74, 6) is -0.776. The molecule has 0 saturated carbocycles. The zero-order valence-corrected chi connectivity index (χ0v) is 15.9. The number of fused-ring (bicyclic) bond motifs is 1. The number of nitrogens with one attached hydrogen (secondary N) is 2. The van der Waals surface area contributed by atoms with Crippen molar-refractivity contribution in [2.75, 3.05) is 18.5 Å². The number of hydrogen-bond donors (Lipinski definition) is 4. The zero-order valence-electron chi connectivity index (χ0n) is 13.8. The number of benzene rings is 1. The lowest BCUT2D eigenvalue weighted by atomic mass is 10.3. The summed E-state index contributed by atoms with van der Waals surface area (Å²) in [6.07, 6.45) is 3.26. The molecule has 0 spiro atoms. The van der Waals surface area contributed by atoms with Gasteiger partial charge in [0.15, 0.2) is 0 Å². The van der Waals surface area contributed by atoms with Crippen molar-refractivity contribution in [3.8, 4) is 0 Å². The van der Waals surface area contributed by atoms with Crippen molar-refractivity contribution in [2.24, 2.45) is 0 Å². The van der Waals surface area contributed by atoms with E-state index in [0.29, 0.717) is 11.5 Å². The monoisotopic (exact) mass is 487 g/mol. The van der Waals surface area contributed by atoms with Crippen molar-refractivity contribution in [2.45, 2.75) is 6.10 Å². The quantitative estimate of drug-likeness (QED) is 0.292. The average Bonchev–Trinajstić information content (AvgIpc) is 3.05. The molecule has 2 heterocycles. The normalized spacial score (nSPS) is 12.1. The number of hydrogen-bond acceptors (Lipinski definition) is 7. The molecule has 0 unspecified atom stereocenters.